The van der Waals surface area contributed by atoms with Gasteiger partial charge in [0, 0.05) is 0 Å². The summed E-state index contributed by atoms with van der Waals surface area (Å²) in [5.41, 5.74) is 0. The molecule has 1 fully saturated rings. The van der Waals surface area contributed by atoms with Gasteiger partial charge in [0.25, 0.3) is 0 Å². The van der Waals surface area contributed by atoms with Gasteiger partial charge in [-0.3, -0.25) is 4.57 Å². The van der Waals surface area contributed by atoms with Gasteiger partial charge in [-0.05, 0) is 15.9 Å². The Morgan fingerprint density at radius 1 is 1.35 bits per heavy atom. The van der Waals surface area contributed by atoms with Crippen LogP contribution in [0.3, 0.4) is 0 Å². The summed E-state index contributed by atoms with van der Waals surface area (Å²) >= 11 is 14.7. The molecule has 0 unspecified atom stereocenters. The lowest BCUT2D eigenvalue weighted by Crippen LogP contribution is -2.33. The molecule has 0 aliphatic carbocycles. The van der Waals surface area contributed by atoms with Crippen molar-refractivity contribution in [2.24, 2.45) is 0 Å². The summed E-state index contributed by atoms with van der Waals surface area (Å²) in [6.45, 7) is -0.410. The molecule has 1 aliphatic heterocycles. The maximum Gasteiger partial charge on any atom is 0.182 e. The van der Waals surface area contributed by atoms with E-state index in [9.17, 15) is 10.2 Å². The molecule has 0 saturated carbocycles. The van der Waals surface area contributed by atoms with Gasteiger partial charge in [-0.2, -0.15) is 0 Å². The van der Waals surface area contributed by atoms with Crippen LogP contribution in [-0.2, 0) is 4.74 Å². The lowest BCUT2D eigenvalue weighted by atomic mass is 10.1. The van der Waals surface area contributed by atoms with Crippen molar-refractivity contribution in [3.8, 4) is 0 Å². The van der Waals surface area contributed by atoms with Gasteiger partial charge in [-0.1, -0.05) is 23.2 Å². The maximum absolute atomic E-state index is 9.81. The van der Waals surface area contributed by atoms with E-state index >= 15 is 0 Å². The third kappa shape index (κ3) is 2.21. The van der Waals surface area contributed by atoms with E-state index in [-0.39, 0.29) is 15.0 Å². The molecule has 2 heterocycles. The highest BCUT2D eigenvalue weighted by Crippen LogP contribution is 2.36. The Kier molecular flexibility index (Phi) is 3.99. The first-order chi connectivity index (χ1) is 7.97. The number of imidazole rings is 1. The highest BCUT2D eigenvalue weighted by Gasteiger charge is 2.44. The Hall–Kier alpha value is 0.110. The summed E-state index contributed by atoms with van der Waals surface area (Å²) in [6.07, 6.45) is -4.26. The number of aliphatic hydroxyl groups excluding tert-OH is 3. The van der Waals surface area contributed by atoms with Crippen LogP contribution in [0, 0.1) is 0 Å². The summed E-state index contributed by atoms with van der Waals surface area (Å²) in [5.74, 6) is 0. The van der Waals surface area contributed by atoms with Crippen molar-refractivity contribution in [1.82, 2.24) is 9.55 Å². The monoisotopic (exact) mass is 346 g/mol. The number of nitrogens with zero attached hydrogens (tertiary/aromatic N) is 2. The topological polar surface area (TPSA) is 87.7 Å². The molecule has 3 N–H and O–H groups in total. The maximum atomic E-state index is 9.81. The van der Waals surface area contributed by atoms with Crippen LogP contribution in [0.2, 0.25) is 10.3 Å². The molecular weight excluding hydrogens is 339 g/mol. The van der Waals surface area contributed by atoms with Gasteiger partial charge < -0.3 is 20.1 Å². The standard InChI is InChI=1S/C8H9BrCl2N2O4/c9-8-12-5(10)6(11)13(8)7-4(16)3(15)2(1-14)17-7/h2-4,7,14-16H,1H2/t2-,3-,4+,7+/m1/s1. The Morgan fingerprint density at radius 3 is 2.41 bits per heavy atom. The number of aliphatic hydroxyl groups is 3. The zero-order valence-electron chi connectivity index (χ0n) is 8.29. The molecule has 1 aromatic heterocycles. The molecule has 0 aromatic carbocycles. The number of rotatable bonds is 2. The lowest BCUT2D eigenvalue weighted by Gasteiger charge is -2.17. The van der Waals surface area contributed by atoms with Crippen LogP contribution in [0.4, 0.5) is 0 Å². The first kappa shape index (κ1) is 13.5. The van der Waals surface area contributed by atoms with Crippen LogP contribution in [0.5, 0.6) is 0 Å². The van der Waals surface area contributed by atoms with E-state index in [1.165, 1.54) is 4.57 Å². The Balaban J connectivity index is 2.35. The Labute approximate surface area is 115 Å². The Bertz CT molecular complexity index is 430. The van der Waals surface area contributed by atoms with Crippen molar-refractivity contribution in [2.45, 2.75) is 24.5 Å². The van der Waals surface area contributed by atoms with Gasteiger partial charge >= 0.3 is 0 Å². The van der Waals surface area contributed by atoms with E-state index in [4.69, 9.17) is 33.0 Å². The van der Waals surface area contributed by atoms with Crippen molar-refractivity contribution in [1.29, 1.82) is 0 Å². The predicted molar refractivity (Wildman–Crippen MR) is 63.0 cm³/mol. The molecule has 4 atom stereocenters. The predicted octanol–water partition coefficient (Wildman–Crippen LogP) is 0.564. The van der Waals surface area contributed by atoms with E-state index in [0.717, 1.165) is 0 Å². The normalized spacial score (nSPS) is 33.3. The molecule has 96 valence electrons. The molecule has 1 aliphatic rings. The summed E-state index contributed by atoms with van der Waals surface area (Å²) in [7, 11) is 0. The number of hydrogen-bond donors (Lipinski definition) is 3. The van der Waals surface area contributed by atoms with Crippen LogP contribution in [0.1, 0.15) is 6.23 Å². The third-order valence-corrected chi connectivity index (χ3v) is 3.82. The van der Waals surface area contributed by atoms with Crippen molar-refractivity contribution in [3.63, 3.8) is 0 Å². The van der Waals surface area contributed by atoms with Gasteiger partial charge in [0.05, 0.1) is 6.61 Å². The smallest absolute Gasteiger partial charge is 0.182 e. The molecule has 17 heavy (non-hydrogen) atoms. The fourth-order valence-electron chi connectivity index (χ4n) is 1.67. The number of ether oxygens (including phenoxy) is 1. The highest BCUT2D eigenvalue weighted by molar-refractivity contribution is 9.10. The second-order valence-corrected chi connectivity index (χ2v) is 4.99. The van der Waals surface area contributed by atoms with Crippen LogP contribution in [-0.4, -0.2) is 49.8 Å². The van der Waals surface area contributed by atoms with Crippen molar-refractivity contribution in [2.75, 3.05) is 6.61 Å². The second kappa shape index (κ2) is 5.00. The average Bonchev–Trinajstić information content (AvgIpc) is 2.69. The van der Waals surface area contributed by atoms with E-state index in [2.05, 4.69) is 20.9 Å². The summed E-state index contributed by atoms with van der Waals surface area (Å²) in [6, 6.07) is 0. The third-order valence-electron chi connectivity index (χ3n) is 2.54. The van der Waals surface area contributed by atoms with E-state index in [0.29, 0.717) is 0 Å². The molecule has 9 heteroatoms. The number of aromatic nitrogens is 2. The molecule has 1 saturated heterocycles. The summed E-state index contributed by atoms with van der Waals surface area (Å²) in [5, 5.41) is 28.5. The first-order valence-corrected chi connectivity index (χ1v) is 6.23. The van der Waals surface area contributed by atoms with Gasteiger partial charge in [0.1, 0.15) is 18.3 Å². The van der Waals surface area contributed by atoms with Crippen molar-refractivity contribution >= 4 is 39.1 Å². The van der Waals surface area contributed by atoms with Crippen molar-refractivity contribution in [3.05, 3.63) is 15.0 Å². The lowest BCUT2D eigenvalue weighted by molar-refractivity contribution is -0.0537. The van der Waals surface area contributed by atoms with Crippen LogP contribution >= 0.6 is 39.1 Å². The van der Waals surface area contributed by atoms with Crippen molar-refractivity contribution < 1.29 is 20.1 Å². The molecule has 2 rings (SSSR count). The minimum atomic E-state index is -1.23. The van der Waals surface area contributed by atoms with E-state index in [1.54, 1.807) is 0 Å². The summed E-state index contributed by atoms with van der Waals surface area (Å²) in [4.78, 5) is 3.84. The quantitative estimate of drug-likeness (QED) is 0.727. The molecule has 6 nitrogen and oxygen atoms in total. The average molecular weight is 348 g/mol. The van der Waals surface area contributed by atoms with Crippen LogP contribution in [0.15, 0.2) is 4.73 Å². The fraction of sp³-hybridized carbons (Fsp3) is 0.625. The molecule has 0 radical (unpaired) electrons. The molecule has 1 aromatic rings. The van der Waals surface area contributed by atoms with E-state index < -0.39 is 31.1 Å². The van der Waals surface area contributed by atoms with Crippen LogP contribution in [0.25, 0.3) is 0 Å². The van der Waals surface area contributed by atoms with E-state index in [1.807, 2.05) is 0 Å². The van der Waals surface area contributed by atoms with Gasteiger partial charge in [-0.15, -0.1) is 0 Å². The molecular formula is C8H9BrCl2N2O4. The molecule has 0 bridgehead atoms. The number of hydrogen-bond acceptors (Lipinski definition) is 5. The molecule has 0 spiro atoms. The van der Waals surface area contributed by atoms with Gasteiger partial charge in [-0.25, -0.2) is 4.98 Å². The largest absolute Gasteiger partial charge is 0.394 e. The highest BCUT2D eigenvalue weighted by atomic mass is 79.9. The van der Waals surface area contributed by atoms with Gasteiger partial charge in [0.15, 0.2) is 21.3 Å². The first-order valence-electron chi connectivity index (χ1n) is 4.68. The zero-order valence-corrected chi connectivity index (χ0v) is 11.4. The van der Waals surface area contributed by atoms with Crippen LogP contribution < -0.4 is 0 Å². The summed E-state index contributed by atoms with van der Waals surface area (Å²) < 4.78 is 6.86. The SMILES string of the molecule is OC[C@H]1O[C@H](n2c(Br)nc(Cl)c2Cl)[C@@H](O)[C@@H]1O. The van der Waals surface area contributed by atoms with Gasteiger partial charge in [0.2, 0.25) is 0 Å². The minimum absolute atomic E-state index is 0.0521. The fourth-order valence-corrected chi connectivity index (χ4v) is 2.82. The number of halogens is 3. The zero-order chi connectivity index (χ0) is 12.7. The molecule has 0 amide bonds. The Morgan fingerprint density at radius 2 is 2.00 bits per heavy atom. The second-order valence-electron chi connectivity index (χ2n) is 3.56. The minimum Gasteiger partial charge on any atom is -0.394 e.